The fraction of sp³-hybridized carbons (Fsp3) is 1.00. The van der Waals surface area contributed by atoms with Gasteiger partial charge in [-0.2, -0.15) is 65.9 Å². The van der Waals surface area contributed by atoms with Gasteiger partial charge in [-0.05, 0) is 19.3 Å². The molecule has 204 valence electrons. The molecule has 0 saturated heterocycles. The van der Waals surface area contributed by atoms with Gasteiger partial charge in [0.2, 0.25) is 0 Å². The summed E-state index contributed by atoms with van der Waals surface area (Å²) in [5, 5.41) is 0. The molecule has 0 aromatic carbocycles. The summed E-state index contributed by atoms with van der Waals surface area (Å²) in [4.78, 5) is 0. The second-order valence-electron chi connectivity index (χ2n) is 6.82. The van der Waals surface area contributed by atoms with Gasteiger partial charge in [0, 0.05) is 39.1 Å². The molecule has 0 aliphatic rings. The molecule has 0 N–H and O–H groups in total. The Hall–Kier alpha value is -1.11. The molecule has 0 aliphatic carbocycles. The fourth-order valence-corrected chi connectivity index (χ4v) is 1.99. The largest absolute Gasteiger partial charge is 0.639 e. The van der Waals surface area contributed by atoms with Crippen molar-refractivity contribution in [3.05, 3.63) is 0 Å². The monoisotopic (exact) mass is 542 g/mol. The van der Waals surface area contributed by atoms with Gasteiger partial charge in [-0.1, -0.05) is 0 Å². The molecule has 0 fully saturated rings. The number of halogens is 15. The van der Waals surface area contributed by atoms with Crippen LogP contribution in [-0.4, -0.2) is 63.4 Å². The number of alkyl halides is 15. The standard InChI is InChI=1S/C15H18BF15O3/c17-10(18,13(23,24)25)4-1-7-32-16(33-8-2-5-11(19,20)14(26,27)28)34-9-3-6-12(21,22)15(29,30)31/h1-9H2. The lowest BCUT2D eigenvalue weighted by molar-refractivity contribution is -0.285. The molecule has 34 heavy (non-hydrogen) atoms. The second-order valence-corrected chi connectivity index (χ2v) is 6.82. The van der Waals surface area contributed by atoms with Crippen molar-refractivity contribution in [2.75, 3.05) is 19.8 Å². The summed E-state index contributed by atoms with van der Waals surface area (Å²) in [5.41, 5.74) is 0. The minimum absolute atomic E-state index is 0.965. The van der Waals surface area contributed by atoms with Crippen LogP contribution in [0.1, 0.15) is 38.5 Å². The third-order valence-electron chi connectivity index (χ3n) is 3.91. The van der Waals surface area contributed by atoms with Crippen LogP contribution in [-0.2, 0) is 14.0 Å². The van der Waals surface area contributed by atoms with E-state index in [1.165, 1.54) is 0 Å². The van der Waals surface area contributed by atoms with E-state index in [4.69, 9.17) is 0 Å². The van der Waals surface area contributed by atoms with Crippen molar-refractivity contribution in [1.82, 2.24) is 0 Å². The van der Waals surface area contributed by atoms with Crippen molar-refractivity contribution in [3.63, 3.8) is 0 Å². The maximum absolute atomic E-state index is 12.8. The van der Waals surface area contributed by atoms with E-state index < -0.39 is 102 Å². The van der Waals surface area contributed by atoms with Crippen molar-refractivity contribution in [1.29, 1.82) is 0 Å². The van der Waals surface area contributed by atoms with Crippen LogP contribution < -0.4 is 0 Å². The minimum Gasteiger partial charge on any atom is -0.386 e. The maximum Gasteiger partial charge on any atom is 0.639 e. The highest BCUT2D eigenvalue weighted by Gasteiger charge is 2.58. The summed E-state index contributed by atoms with van der Waals surface area (Å²) in [6, 6.07) is 0. The molecule has 0 aromatic heterocycles. The second kappa shape index (κ2) is 12.2. The van der Waals surface area contributed by atoms with Crippen LogP contribution in [0.15, 0.2) is 0 Å². The molecule has 0 aromatic rings. The van der Waals surface area contributed by atoms with Crippen LogP contribution in [0.3, 0.4) is 0 Å². The van der Waals surface area contributed by atoms with Crippen LogP contribution in [0, 0.1) is 0 Å². The Balaban J connectivity index is 4.74. The van der Waals surface area contributed by atoms with Gasteiger partial charge in [0.1, 0.15) is 0 Å². The number of rotatable bonds is 15. The zero-order valence-corrected chi connectivity index (χ0v) is 16.8. The third-order valence-corrected chi connectivity index (χ3v) is 3.91. The van der Waals surface area contributed by atoms with Gasteiger partial charge < -0.3 is 14.0 Å². The Labute approximate surface area is 183 Å². The van der Waals surface area contributed by atoms with E-state index in [9.17, 15) is 65.9 Å². The first-order valence-corrected chi connectivity index (χ1v) is 9.22. The molecule has 0 aliphatic heterocycles. The zero-order valence-electron chi connectivity index (χ0n) is 16.8. The summed E-state index contributed by atoms with van der Waals surface area (Å²) in [5.74, 6) is -15.3. The van der Waals surface area contributed by atoms with Gasteiger partial charge >= 0.3 is 43.6 Å². The molecule has 0 atom stereocenters. The lowest BCUT2D eigenvalue weighted by atomic mass is 10.1. The molecule has 0 bridgehead atoms. The van der Waals surface area contributed by atoms with E-state index in [2.05, 4.69) is 14.0 Å². The van der Waals surface area contributed by atoms with Crippen molar-refractivity contribution in [2.24, 2.45) is 0 Å². The van der Waals surface area contributed by atoms with Crippen LogP contribution in [0.5, 0.6) is 0 Å². The topological polar surface area (TPSA) is 27.7 Å². The Kier molecular flexibility index (Phi) is 11.8. The quantitative estimate of drug-likeness (QED) is 0.127. The first-order valence-electron chi connectivity index (χ1n) is 9.22. The van der Waals surface area contributed by atoms with Crippen molar-refractivity contribution in [2.45, 2.75) is 74.8 Å². The van der Waals surface area contributed by atoms with Gasteiger partial charge in [-0.25, -0.2) is 0 Å². The van der Waals surface area contributed by atoms with Gasteiger partial charge in [0.25, 0.3) is 0 Å². The molecule has 0 spiro atoms. The Morgan fingerprint density at radius 1 is 0.382 bits per heavy atom. The summed E-state index contributed by atoms with van der Waals surface area (Å²) in [7, 11) is -2.14. The van der Waals surface area contributed by atoms with Gasteiger partial charge in [-0.3, -0.25) is 0 Å². The molecule has 0 amide bonds. The summed E-state index contributed by atoms with van der Waals surface area (Å²) in [6.45, 7) is -2.89. The van der Waals surface area contributed by atoms with E-state index in [0.717, 1.165) is 0 Å². The Bertz CT molecular complexity index is 508. The van der Waals surface area contributed by atoms with E-state index in [-0.39, 0.29) is 0 Å². The zero-order chi connectivity index (χ0) is 27.1. The molecule has 3 nitrogen and oxygen atoms in total. The van der Waals surface area contributed by atoms with E-state index in [0.29, 0.717) is 0 Å². The summed E-state index contributed by atoms with van der Waals surface area (Å²) in [6.07, 6.45) is -26.0. The number of hydrogen-bond donors (Lipinski definition) is 0. The van der Waals surface area contributed by atoms with E-state index in [1.54, 1.807) is 0 Å². The first kappa shape index (κ1) is 32.9. The van der Waals surface area contributed by atoms with Gasteiger partial charge in [0.15, 0.2) is 0 Å². The minimum atomic E-state index is -5.88. The molecular formula is C15H18BF15O3. The van der Waals surface area contributed by atoms with E-state index >= 15 is 0 Å². The molecule has 0 rings (SSSR count). The fourth-order valence-electron chi connectivity index (χ4n) is 1.99. The summed E-state index contributed by atoms with van der Waals surface area (Å²) >= 11 is 0. The SMILES string of the molecule is FC(F)(F)C(F)(F)CCCOB(OCCCC(F)(F)C(F)(F)F)OCCCC(F)(F)C(F)(F)F. The Morgan fingerprint density at radius 3 is 0.765 bits per heavy atom. The van der Waals surface area contributed by atoms with Crippen LogP contribution in [0.4, 0.5) is 65.9 Å². The summed E-state index contributed by atoms with van der Waals surface area (Å²) < 4.78 is 199. The van der Waals surface area contributed by atoms with Crippen LogP contribution in [0.25, 0.3) is 0 Å². The highest BCUT2D eigenvalue weighted by atomic mass is 19.4. The first-order chi connectivity index (χ1) is 15.0. The molecule has 0 saturated carbocycles. The lowest BCUT2D eigenvalue weighted by Crippen LogP contribution is -2.38. The molecule has 0 unspecified atom stereocenters. The highest BCUT2D eigenvalue weighted by molar-refractivity contribution is 6.36. The molecule has 0 heterocycles. The normalized spacial score (nSPS) is 14.6. The highest BCUT2D eigenvalue weighted by Crippen LogP contribution is 2.40. The van der Waals surface area contributed by atoms with Crippen molar-refractivity contribution >= 4 is 7.32 Å². The average molecular weight is 542 g/mol. The van der Waals surface area contributed by atoms with Gasteiger partial charge in [-0.15, -0.1) is 0 Å². The Morgan fingerprint density at radius 2 is 0.588 bits per heavy atom. The molecule has 19 heteroatoms. The van der Waals surface area contributed by atoms with Crippen LogP contribution >= 0.6 is 0 Å². The third kappa shape index (κ3) is 11.1. The van der Waals surface area contributed by atoms with Crippen molar-refractivity contribution in [3.8, 4) is 0 Å². The number of hydrogen-bond acceptors (Lipinski definition) is 3. The lowest BCUT2D eigenvalue weighted by Gasteiger charge is -2.21. The predicted molar refractivity (Wildman–Crippen MR) is 84.3 cm³/mol. The van der Waals surface area contributed by atoms with Gasteiger partial charge in [0.05, 0.1) is 0 Å². The molecule has 0 radical (unpaired) electrons. The van der Waals surface area contributed by atoms with E-state index in [1.807, 2.05) is 0 Å². The average Bonchev–Trinajstić information content (AvgIpc) is 2.62. The van der Waals surface area contributed by atoms with Crippen molar-refractivity contribution < 1.29 is 79.8 Å². The smallest absolute Gasteiger partial charge is 0.386 e. The predicted octanol–water partition coefficient (Wildman–Crippen LogP) is 6.95. The molecular weight excluding hydrogens is 524 g/mol. The maximum atomic E-state index is 12.8. The van der Waals surface area contributed by atoms with Crippen LogP contribution in [0.2, 0.25) is 0 Å².